The van der Waals surface area contributed by atoms with Crippen molar-refractivity contribution in [2.45, 2.75) is 13.8 Å². The van der Waals surface area contributed by atoms with Gasteiger partial charge < -0.3 is 5.32 Å². The predicted molar refractivity (Wildman–Crippen MR) is 108 cm³/mol. The number of aryl methyl sites for hydroxylation is 2. The molecule has 1 N–H and O–H groups in total. The minimum Gasteiger partial charge on any atom is -0.340 e. The third-order valence-electron chi connectivity index (χ3n) is 4.20. The van der Waals surface area contributed by atoms with Crippen LogP contribution < -0.4 is 5.32 Å². The lowest BCUT2D eigenvalue weighted by Crippen LogP contribution is -2.02. The number of aromatic nitrogens is 4. The molecule has 5 nitrogen and oxygen atoms in total. The molecule has 3 aromatic heterocycles. The van der Waals surface area contributed by atoms with Crippen molar-refractivity contribution in [1.82, 2.24) is 19.9 Å². The summed E-state index contributed by atoms with van der Waals surface area (Å²) in [4.78, 5) is 18.2. The smallest absolute Gasteiger partial charge is 0.180 e. The molecule has 0 amide bonds. The zero-order valence-electron chi connectivity index (χ0n) is 15.2. The fourth-order valence-corrected chi connectivity index (χ4v) is 2.77. The second-order valence-corrected chi connectivity index (χ2v) is 6.34. The molecule has 0 radical (unpaired) electrons. The Morgan fingerprint density at radius 2 is 1.44 bits per heavy atom. The molecule has 0 fully saturated rings. The molecule has 5 heteroatoms. The van der Waals surface area contributed by atoms with E-state index >= 15 is 0 Å². The minimum atomic E-state index is 0.562. The number of pyridine rings is 2. The van der Waals surface area contributed by atoms with Crippen LogP contribution in [0.2, 0.25) is 0 Å². The van der Waals surface area contributed by atoms with Crippen molar-refractivity contribution in [3.63, 3.8) is 0 Å². The molecule has 1 aromatic carbocycles. The van der Waals surface area contributed by atoms with E-state index in [4.69, 9.17) is 0 Å². The molecule has 0 unspecified atom stereocenters. The highest BCUT2D eigenvalue weighted by Gasteiger charge is 2.11. The molecule has 0 aliphatic rings. The lowest BCUT2D eigenvalue weighted by molar-refractivity contribution is 1.13. The summed E-state index contributed by atoms with van der Waals surface area (Å²) in [6, 6.07) is 19.7. The maximum atomic E-state index is 4.68. The van der Waals surface area contributed by atoms with Crippen LogP contribution in [0.15, 0.2) is 73.1 Å². The van der Waals surface area contributed by atoms with Gasteiger partial charge in [-0.1, -0.05) is 24.3 Å². The van der Waals surface area contributed by atoms with Crippen molar-refractivity contribution in [2.24, 2.45) is 0 Å². The van der Waals surface area contributed by atoms with Crippen molar-refractivity contribution in [3.05, 3.63) is 84.2 Å². The SMILES string of the molecule is Cc1ccc(C)c(Nc2cc(-c3ccccn3)nc(-c3ccccn3)n2)c1. The van der Waals surface area contributed by atoms with Crippen molar-refractivity contribution in [3.8, 4) is 22.9 Å². The van der Waals surface area contributed by atoms with E-state index in [2.05, 4.69) is 57.3 Å². The van der Waals surface area contributed by atoms with E-state index in [0.29, 0.717) is 11.6 Å². The summed E-state index contributed by atoms with van der Waals surface area (Å²) in [6.07, 6.45) is 3.50. The van der Waals surface area contributed by atoms with Gasteiger partial charge >= 0.3 is 0 Å². The van der Waals surface area contributed by atoms with E-state index in [1.54, 1.807) is 12.4 Å². The van der Waals surface area contributed by atoms with Crippen molar-refractivity contribution < 1.29 is 0 Å². The monoisotopic (exact) mass is 353 g/mol. The molecule has 4 aromatic rings. The van der Waals surface area contributed by atoms with Crippen LogP contribution in [-0.2, 0) is 0 Å². The molecule has 0 saturated heterocycles. The van der Waals surface area contributed by atoms with Crippen LogP contribution >= 0.6 is 0 Å². The zero-order valence-corrected chi connectivity index (χ0v) is 15.2. The summed E-state index contributed by atoms with van der Waals surface area (Å²) in [6.45, 7) is 4.14. The molecule has 0 atom stereocenters. The number of nitrogens with one attached hydrogen (secondary N) is 1. The molecule has 0 aliphatic carbocycles. The predicted octanol–water partition coefficient (Wildman–Crippen LogP) is 4.96. The highest BCUT2D eigenvalue weighted by molar-refractivity contribution is 5.68. The number of anilines is 2. The number of hydrogen-bond donors (Lipinski definition) is 1. The van der Waals surface area contributed by atoms with Gasteiger partial charge in [0.15, 0.2) is 5.82 Å². The molecule has 132 valence electrons. The molecule has 3 heterocycles. The van der Waals surface area contributed by atoms with Gasteiger partial charge in [-0.05, 0) is 55.3 Å². The van der Waals surface area contributed by atoms with E-state index in [9.17, 15) is 0 Å². The van der Waals surface area contributed by atoms with E-state index < -0.39 is 0 Å². The normalized spacial score (nSPS) is 10.6. The fraction of sp³-hybridized carbons (Fsp3) is 0.0909. The standard InChI is InChI=1S/C22H19N5/c1-15-9-10-16(2)19(13-15)25-21-14-20(17-7-3-5-11-23-17)26-22(27-21)18-8-4-6-12-24-18/h3-14H,1-2H3,(H,25,26,27). The van der Waals surface area contributed by atoms with E-state index in [-0.39, 0.29) is 0 Å². The van der Waals surface area contributed by atoms with Crippen molar-refractivity contribution in [1.29, 1.82) is 0 Å². The number of hydrogen-bond acceptors (Lipinski definition) is 5. The first-order valence-electron chi connectivity index (χ1n) is 8.75. The molecule has 0 aliphatic heterocycles. The lowest BCUT2D eigenvalue weighted by Gasteiger charge is -2.12. The highest BCUT2D eigenvalue weighted by Crippen LogP contribution is 2.26. The summed E-state index contributed by atoms with van der Waals surface area (Å²) >= 11 is 0. The number of benzene rings is 1. The second kappa shape index (κ2) is 7.33. The Morgan fingerprint density at radius 1 is 0.704 bits per heavy atom. The summed E-state index contributed by atoms with van der Waals surface area (Å²) < 4.78 is 0. The largest absolute Gasteiger partial charge is 0.340 e. The third kappa shape index (κ3) is 3.82. The van der Waals surface area contributed by atoms with Gasteiger partial charge in [0.1, 0.15) is 11.5 Å². The minimum absolute atomic E-state index is 0.562. The van der Waals surface area contributed by atoms with Gasteiger partial charge in [0.05, 0.1) is 11.4 Å². The quantitative estimate of drug-likeness (QED) is 0.562. The molecule has 4 rings (SSSR count). The summed E-state index contributed by atoms with van der Waals surface area (Å²) in [5.41, 5.74) is 5.62. The maximum Gasteiger partial charge on any atom is 0.180 e. The van der Waals surface area contributed by atoms with Crippen LogP contribution in [0.3, 0.4) is 0 Å². The summed E-state index contributed by atoms with van der Waals surface area (Å²) in [7, 11) is 0. The Bertz CT molecular complexity index is 1000. The fourth-order valence-electron chi connectivity index (χ4n) is 2.77. The summed E-state index contributed by atoms with van der Waals surface area (Å²) in [5.74, 6) is 1.27. The molecular formula is C22H19N5. The topological polar surface area (TPSA) is 63.6 Å². The Hall–Kier alpha value is -3.60. The van der Waals surface area contributed by atoms with Gasteiger partial charge in [0.25, 0.3) is 0 Å². The summed E-state index contributed by atoms with van der Waals surface area (Å²) in [5, 5.41) is 3.43. The highest BCUT2D eigenvalue weighted by atomic mass is 15.0. The zero-order chi connectivity index (χ0) is 18.6. The second-order valence-electron chi connectivity index (χ2n) is 6.34. The van der Waals surface area contributed by atoms with Crippen LogP contribution in [-0.4, -0.2) is 19.9 Å². The molecule has 27 heavy (non-hydrogen) atoms. The average molecular weight is 353 g/mol. The first-order valence-corrected chi connectivity index (χ1v) is 8.75. The first kappa shape index (κ1) is 16.8. The first-order chi connectivity index (χ1) is 13.2. The van der Waals surface area contributed by atoms with E-state index in [1.165, 1.54) is 5.56 Å². The van der Waals surface area contributed by atoms with Crippen molar-refractivity contribution in [2.75, 3.05) is 5.32 Å². The van der Waals surface area contributed by atoms with E-state index in [1.807, 2.05) is 42.5 Å². The van der Waals surface area contributed by atoms with Gasteiger partial charge in [-0.3, -0.25) is 9.97 Å². The average Bonchev–Trinajstić information content (AvgIpc) is 2.72. The van der Waals surface area contributed by atoms with Crippen LogP contribution in [0, 0.1) is 13.8 Å². The van der Waals surface area contributed by atoms with Gasteiger partial charge in [-0.25, -0.2) is 9.97 Å². The van der Waals surface area contributed by atoms with Gasteiger partial charge in [0.2, 0.25) is 0 Å². The van der Waals surface area contributed by atoms with Crippen molar-refractivity contribution >= 4 is 11.5 Å². The van der Waals surface area contributed by atoms with Crippen LogP contribution in [0.4, 0.5) is 11.5 Å². The Morgan fingerprint density at radius 3 is 2.15 bits per heavy atom. The van der Waals surface area contributed by atoms with Gasteiger partial charge in [-0.15, -0.1) is 0 Å². The maximum absolute atomic E-state index is 4.68. The molecular weight excluding hydrogens is 334 g/mol. The number of nitrogens with zero attached hydrogens (tertiary/aromatic N) is 4. The van der Waals surface area contributed by atoms with Crippen LogP contribution in [0.25, 0.3) is 22.9 Å². The Labute approximate surface area is 158 Å². The van der Waals surface area contributed by atoms with Gasteiger partial charge in [-0.2, -0.15) is 0 Å². The van der Waals surface area contributed by atoms with Gasteiger partial charge in [0, 0.05) is 24.1 Å². The Balaban J connectivity index is 1.82. The Kier molecular flexibility index (Phi) is 4.58. The molecule has 0 bridgehead atoms. The molecule has 0 saturated carbocycles. The van der Waals surface area contributed by atoms with Crippen LogP contribution in [0.5, 0.6) is 0 Å². The van der Waals surface area contributed by atoms with E-state index in [0.717, 1.165) is 28.3 Å². The molecule has 0 spiro atoms. The lowest BCUT2D eigenvalue weighted by atomic mass is 10.1. The number of rotatable bonds is 4. The van der Waals surface area contributed by atoms with Crippen LogP contribution in [0.1, 0.15) is 11.1 Å². The third-order valence-corrected chi connectivity index (χ3v) is 4.20.